The maximum atomic E-state index is 8.55. The van der Waals surface area contributed by atoms with Crippen molar-refractivity contribution >= 4 is 11.8 Å². The average Bonchev–Trinajstić information content (AvgIpc) is 2.05. The molecule has 66 valence electrons. The third kappa shape index (κ3) is 3.19. The molecule has 0 aliphatic rings. The van der Waals surface area contributed by atoms with Crippen molar-refractivity contribution in [3.8, 4) is 0 Å². The first-order valence-corrected chi connectivity index (χ1v) is 4.84. The van der Waals surface area contributed by atoms with Crippen LogP contribution in [0.2, 0.25) is 0 Å². The molecule has 0 bridgehead atoms. The Balaban J connectivity index is 2.41. The SMILES string of the molecule is Cc1cc(SCCCO)ncn1. The highest BCUT2D eigenvalue weighted by Gasteiger charge is 1.95. The predicted octanol–water partition coefficient (Wildman–Crippen LogP) is 1.26. The zero-order valence-corrected chi connectivity index (χ0v) is 7.84. The van der Waals surface area contributed by atoms with Gasteiger partial charge in [-0.25, -0.2) is 9.97 Å². The molecule has 0 spiro atoms. The molecule has 4 heteroatoms. The Morgan fingerprint density at radius 3 is 3.00 bits per heavy atom. The molecule has 1 aromatic rings. The van der Waals surface area contributed by atoms with E-state index in [2.05, 4.69) is 9.97 Å². The van der Waals surface area contributed by atoms with E-state index in [1.165, 1.54) is 0 Å². The van der Waals surface area contributed by atoms with Crippen LogP contribution in [0.25, 0.3) is 0 Å². The summed E-state index contributed by atoms with van der Waals surface area (Å²) in [4.78, 5) is 8.08. The molecule has 1 rings (SSSR count). The van der Waals surface area contributed by atoms with E-state index in [9.17, 15) is 0 Å². The van der Waals surface area contributed by atoms with Crippen LogP contribution in [0.4, 0.5) is 0 Å². The zero-order valence-electron chi connectivity index (χ0n) is 7.03. The van der Waals surface area contributed by atoms with Crippen LogP contribution in [-0.2, 0) is 0 Å². The molecular formula is C8H12N2OS. The molecule has 12 heavy (non-hydrogen) atoms. The standard InChI is InChI=1S/C8H12N2OS/c1-7-5-8(10-6-9-7)12-4-2-3-11/h5-6,11H,2-4H2,1H3. The first-order valence-electron chi connectivity index (χ1n) is 3.85. The van der Waals surface area contributed by atoms with Crippen LogP contribution in [0, 0.1) is 6.92 Å². The molecule has 0 aliphatic carbocycles. The number of aliphatic hydroxyl groups excluding tert-OH is 1. The summed E-state index contributed by atoms with van der Waals surface area (Å²) in [7, 11) is 0. The summed E-state index contributed by atoms with van der Waals surface area (Å²) in [6, 6.07) is 1.95. The van der Waals surface area contributed by atoms with E-state index in [1.807, 2.05) is 13.0 Å². The van der Waals surface area contributed by atoms with E-state index in [4.69, 9.17) is 5.11 Å². The van der Waals surface area contributed by atoms with E-state index < -0.39 is 0 Å². The summed E-state index contributed by atoms with van der Waals surface area (Å²) in [5, 5.41) is 9.54. The predicted molar refractivity (Wildman–Crippen MR) is 49.2 cm³/mol. The second-order valence-electron chi connectivity index (χ2n) is 2.42. The van der Waals surface area contributed by atoms with Crippen LogP contribution < -0.4 is 0 Å². The quantitative estimate of drug-likeness (QED) is 0.435. The molecule has 1 N–H and O–H groups in total. The lowest BCUT2D eigenvalue weighted by molar-refractivity contribution is 0.296. The van der Waals surface area contributed by atoms with Gasteiger partial charge in [0.15, 0.2) is 0 Å². The molecule has 3 nitrogen and oxygen atoms in total. The van der Waals surface area contributed by atoms with Crippen molar-refractivity contribution in [2.45, 2.75) is 18.4 Å². The Bertz CT molecular complexity index is 242. The first kappa shape index (κ1) is 9.48. The zero-order chi connectivity index (χ0) is 8.81. The molecule has 0 aromatic carbocycles. The molecule has 0 amide bonds. The van der Waals surface area contributed by atoms with Crippen molar-refractivity contribution in [3.63, 3.8) is 0 Å². The van der Waals surface area contributed by atoms with E-state index >= 15 is 0 Å². The monoisotopic (exact) mass is 184 g/mol. The molecule has 0 aliphatic heterocycles. The highest BCUT2D eigenvalue weighted by molar-refractivity contribution is 7.99. The van der Waals surface area contributed by atoms with Gasteiger partial charge in [0.2, 0.25) is 0 Å². The largest absolute Gasteiger partial charge is 0.396 e. The van der Waals surface area contributed by atoms with E-state index in [1.54, 1.807) is 18.1 Å². The van der Waals surface area contributed by atoms with Gasteiger partial charge in [-0.3, -0.25) is 0 Å². The van der Waals surface area contributed by atoms with Gasteiger partial charge in [0.05, 0.1) is 5.03 Å². The Hall–Kier alpha value is -0.610. The van der Waals surface area contributed by atoms with Gasteiger partial charge < -0.3 is 5.11 Å². The van der Waals surface area contributed by atoms with E-state index in [0.717, 1.165) is 22.9 Å². The Morgan fingerprint density at radius 2 is 2.33 bits per heavy atom. The maximum absolute atomic E-state index is 8.55. The highest BCUT2D eigenvalue weighted by Crippen LogP contribution is 2.15. The van der Waals surface area contributed by atoms with Crippen LogP contribution in [0.15, 0.2) is 17.4 Å². The fraction of sp³-hybridized carbons (Fsp3) is 0.500. The van der Waals surface area contributed by atoms with Gasteiger partial charge >= 0.3 is 0 Å². The minimum atomic E-state index is 0.247. The number of hydrogen-bond acceptors (Lipinski definition) is 4. The third-order valence-electron chi connectivity index (χ3n) is 1.33. The lowest BCUT2D eigenvalue weighted by Gasteiger charge is -1.98. The third-order valence-corrected chi connectivity index (χ3v) is 2.34. The molecule has 0 unspecified atom stereocenters. The summed E-state index contributed by atoms with van der Waals surface area (Å²) in [5.74, 6) is 0.910. The molecule has 1 aromatic heterocycles. The number of aromatic nitrogens is 2. The van der Waals surface area contributed by atoms with Gasteiger partial charge in [0.25, 0.3) is 0 Å². The van der Waals surface area contributed by atoms with Crippen molar-refractivity contribution in [3.05, 3.63) is 18.1 Å². The summed E-state index contributed by atoms with van der Waals surface area (Å²) in [5.41, 5.74) is 0.983. The van der Waals surface area contributed by atoms with Crippen molar-refractivity contribution in [2.75, 3.05) is 12.4 Å². The molecule has 0 atom stereocenters. The van der Waals surface area contributed by atoms with Crippen molar-refractivity contribution in [1.29, 1.82) is 0 Å². The number of rotatable bonds is 4. The molecular weight excluding hydrogens is 172 g/mol. The number of thioether (sulfide) groups is 1. The number of aryl methyl sites for hydroxylation is 1. The summed E-state index contributed by atoms with van der Waals surface area (Å²) in [6.45, 7) is 2.19. The number of aliphatic hydroxyl groups is 1. The molecule has 0 fully saturated rings. The average molecular weight is 184 g/mol. The Kier molecular flexibility index (Phi) is 4.04. The lowest BCUT2D eigenvalue weighted by Crippen LogP contribution is -1.89. The van der Waals surface area contributed by atoms with Gasteiger partial charge in [0.1, 0.15) is 6.33 Å². The van der Waals surface area contributed by atoms with Crippen molar-refractivity contribution < 1.29 is 5.11 Å². The van der Waals surface area contributed by atoms with Crippen LogP contribution >= 0.6 is 11.8 Å². The Morgan fingerprint density at radius 1 is 1.50 bits per heavy atom. The summed E-state index contributed by atoms with van der Waals surface area (Å²) < 4.78 is 0. The van der Waals surface area contributed by atoms with Crippen LogP contribution in [0.3, 0.4) is 0 Å². The van der Waals surface area contributed by atoms with Gasteiger partial charge in [-0.05, 0) is 19.4 Å². The van der Waals surface area contributed by atoms with Crippen molar-refractivity contribution in [1.82, 2.24) is 9.97 Å². The second kappa shape index (κ2) is 5.11. The van der Waals surface area contributed by atoms with Crippen LogP contribution in [0.1, 0.15) is 12.1 Å². The normalized spacial score (nSPS) is 10.2. The minimum Gasteiger partial charge on any atom is -0.396 e. The second-order valence-corrected chi connectivity index (χ2v) is 3.54. The topological polar surface area (TPSA) is 46.0 Å². The number of nitrogens with zero attached hydrogens (tertiary/aromatic N) is 2. The van der Waals surface area contributed by atoms with Gasteiger partial charge in [-0.1, -0.05) is 0 Å². The van der Waals surface area contributed by atoms with Crippen LogP contribution in [-0.4, -0.2) is 27.4 Å². The fourth-order valence-electron chi connectivity index (χ4n) is 0.750. The van der Waals surface area contributed by atoms with Crippen LogP contribution in [0.5, 0.6) is 0 Å². The molecule has 0 saturated carbocycles. The maximum Gasteiger partial charge on any atom is 0.116 e. The van der Waals surface area contributed by atoms with E-state index in [-0.39, 0.29) is 6.61 Å². The molecule has 0 radical (unpaired) electrons. The summed E-state index contributed by atoms with van der Waals surface area (Å²) >= 11 is 1.65. The lowest BCUT2D eigenvalue weighted by atomic mass is 10.5. The van der Waals surface area contributed by atoms with Gasteiger partial charge in [-0.2, -0.15) is 0 Å². The molecule has 0 saturated heterocycles. The van der Waals surface area contributed by atoms with E-state index in [0.29, 0.717) is 0 Å². The minimum absolute atomic E-state index is 0.247. The molecule has 1 heterocycles. The van der Waals surface area contributed by atoms with Crippen molar-refractivity contribution in [2.24, 2.45) is 0 Å². The highest BCUT2D eigenvalue weighted by atomic mass is 32.2. The van der Waals surface area contributed by atoms with Gasteiger partial charge in [0, 0.05) is 18.1 Å². The fourth-order valence-corrected chi connectivity index (χ4v) is 1.61. The Labute approximate surface area is 76.2 Å². The smallest absolute Gasteiger partial charge is 0.116 e. The number of hydrogen-bond donors (Lipinski definition) is 1. The van der Waals surface area contributed by atoms with Gasteiger partial charge in [-0.15, -0.1) is 11.8 Å². The first-order chi connectivity index (χ1) is 5.83. The summed E-state index contributed by atoms with van der Waals surface area (Å²) in [6.07, 6.45) is 2.38.